The van der Waals surface area contributed by atoms with Gasteiger partial charge in [-0.3, -0.25) is 4.79 Å². The molecule has 0 aromatic carbocycles. The van der Waals surface area contributed by atoms with Crippen LogP contribution in [0.15, 0.2) is 11.3 Å². The maximum absolute atomic E-state index is 12.2. The molecule has 1 aliphatic carbocycles. The highest BCUT2D eigenvalue weighted by molar-refractivity contribution is 5.98. The van der Waals surface area contributed by atoms with Gasteiger partial charge < -0.3 is 9.47 Å². The van der Waals surface area contributed by atoms with Crippen molar-refractivity contribution in [2.45, 2.75) is 45.8 Å². The third-order valence-corrected chi connectivity index (χ3v) is 3.78. The molecule has 0 saturated carbocycles. The van der Waals surface area contributed by atoms with E-state index in [1.54, 1.807) is 0 Å². The van der Waals surface area contributed by atoms with Crippen LogP contribution in [0.2, 0.25) is 0 Å². The number of fused-ring (bicyclic) bond motifs is 2. The maximum atomic E-state index is 12.2. The molecule has 3 rings (SSSR count). The standard InChI is InChI=1S/C13H18O3/c1-13(2)6-9(14)11-8-4-3-5-15-12(8)16-10(11)7-13/h8,12H,3-7H2,1-2H3/t8-,12+/m1/s1. The fourth-order valence-electron chi connectivity index (χ4n) is 3.09. The van der Waals surface area contributed by atoms with Crippen LogP contribution in [0.3, 0.4) is 0 Å². The Morgan fingerprint density at radius 3 is 2.94 bits per heavy atom. The number of hydrogen-bond donors (Lipinski definition) is 0. The Morgan fingerprint density at radius 2 is 2.12 bits per heavy atom. The van der Waals surface area contributed by atoms with Crippen molar-refractivity contribution in [1.29, 1.82) is 0 Å². The molecule has 1 saturated heterocycles. The summed E-state index contributed by atoms with van der Waals surface area (Å²) in [4.78, 5) is 12.2. The molecular weight excluding hydrogens is 204 g/mol. The monoisotopic (exact) mass is 222 g/mol. The Labute approximate surface area is 95.8 Å². The van der Waals surface area contributed by atoms with Crippen LogP contribution in [0.1, 0.15) is 39.5 Å². The van der Waals surface area contributed by atoms with Gasteiger partial charge in [-0.15, -0.1) is 0 Å². The zero-order valence-electron chi connectivity index (χ0n) is 9.91. The van der Waals surface area contributed by atoms with E-state index in [4.69, 9.17) is 9.47 Å². The maximum Gasteiger partial charge on any atom is 0.206 e. The van der Waals surface area contributed by atoms with E-state index in [1.807, 2.05) is 0 Å². The second-order valence-corrected chi connectivity index (χ2v) is 5.88. The van der Waals surface area contributed by atoms with Crippen LogP contribution < -0.4 is 0 Å². The van der Waals surface area contributed by atoms with E-state index in [0.29, 0.717) is 6.42 Å². The third-order valence-electron chi connectivity index (χ3n) is 3.78. The van der Waals surface area contributed by atoms with Gasteiger partial charge in [0.1, 0.15) is 5.76 Å². The molecule has 0 amide bonds. The average molecular weight is 222 g/mol. The van der Waals surface area contributed by atoms with Crippen LogP contribution in [0.4, 0.5) is 0 Å². The second-order valence-electron chi connectivity index (χ2n) is 5.88. The fraction of sp³-hybridized carbons (Fsp3) is 0.769. The first-order valence-corrected chi connectivity index (χ1v) is 6.11. The quantitative estimate of drug-likeness (QED) is 0.631. The van der Waals surface area contributed by atoms with Crippen molar-refractivity contribution in [3.05, 3.63) is 11.3 Å². The molecule has 0 radical (unpaired) electrons. The van der Waals surface area contributed by atoms with Gasteiger partial charge in [-0.2, -0.15) is 0 Å². The molecule has 2 heterocycles. The summed E-state index contributed by atoms with van der Waals surface area (Å²) in [6, 6.07) is 0. The number of carbonyl (C=O) groups is 1. The summed E-state index contributed by atoms with van der Waals surface area (Å²) in [5.41, 5.74) is 0.993. The van der Waals surface area contributed by atoms with Crippen LogP contribution in [-0.2, 0) is 14.3 Å². The average Bonchev–Trinajstić information content (AvgIpc) is 2.52. The molecule has 3 nitrogen and oxygen atoms in total. The molecule has 1 fully saturated rings. The Kier molecular flexibility index (Phi) is 2.15. The highest BCUT2D eigenvalue weighted by Crippen LogP contribution is 2.47. The molecule has 2 aliphatic heterocycles. The first kappa shape index (κ1) is 10.3. The summed E-state index contributed by atoms with van der Waals surface area (Å²) >= 11 is 0. The molecule has 3 aliphatic rings. The zero-order valence-corrected chi connectivity index (χ0v) is 9.91. The molecule has 2 atom stereocenters. The summed E-state index contributed by atoms with van der Waals surface area (Å²) in [6.45, 7) is 5.01. The second kappa shape index (κ2) is 3.33. The number of allylic oxidation sites excluding steroid dienone is 1. The first-order valence-electron chi connectivity index (χ1n) is 6.11. The SMILES string of the molecule is CC1(C)CC(=O)C2=C(C1)O[C@@H]1OCCC[C@H]21. The Bertz CT molecular complexity index is 367. The first-order chi connectivity index (χ1) is 7.57. The number of ether oxygens (including phenoxy) is 2. The number of ketones is 1. The fourth-order valence-corrected chi connectivity index (χ4v) is 3.09. The summed E-state index contributed by atoms with van der Waals surface area (Å²) < 4.78 is 11.4. The van der Waals surface area contributed by atoms with Gasteiger partial charge in [-0.25, -0.2) is 0 Å². The molecule has 3 heteroatoms. The van der Waals surface area contributed by atoms with E-state index in [1.165, 1.54) is 0 Å². The topological polar surface area (TPSA) is 35.5 Å². The lowest BCUT2D eigenvalue weighted by Gasteiger charge is -2.29. The van der Waals surface area contributed by atoms with Gasteiger partial charge in [0.15, 0.2) is 5.78 Å². The lowest BCUT2D eigenvalue weighted by atomic mass is 9.74. The highest BCUT2D eigenvalue weighted by atomic mass is 16.7. The molecular formula is C13H18O3. The van der Waals surface area contributed by atoms with E-state index >= 15 is 0 Å². The van der Waals surface area contributed by atoms with E-state index in [9.17, 15) is 4.79 Å². The Morgan fingerprint density at radius 1 is 1.31 bits per heavy atom. The summed E-state index contributed by atoms with van der Waals surface area (Å²) in [7, 11) is 0. The molecule has 0 bridgehead atoms. The van der Waals surface area contributed by atoms with Gasteiger partial charge >= 0.3 is 0 Å². The Hall–Kier alpha value is -0.830. The van der Waals surface area contributed by atoms with Crippen LogP contribution in [0, 0.1) is 11.3 Å². The third kappa shape index (κ3) is 1.49. The normalized spacial score (nSPS) is 36.8. The summed E-state index contributed by atoms with van der Waals surface area (Å²) in [5, 5.41) is 0. The summed E-state index contributed by atoms with van der Waals surface area (Å²) in [5.74, 6) is 1.41. The smallest absolute Gasteiger partial charge is 0.206 e. The molecule has 0 aromatic heterocycles. The van der Waals surface area contributed by atoms with Gasteiger partial charge in [0.2, 0.25) is 6.29 Å². The van der Waals surface area contributed by atoms with E-state index in [2.05, 4.69) is 13.8 Å². The van der Waals surface area contributed by atoms with Gasteiger partial charge in [0.05, 0.1) is 12.5 Å². The molecule has 16 heavy (non-hydrogen) atoms. The van der Waals surface area contributed by atoms with Crippen molar-refractivity contribution >= 4 is 5.78 Å². The van der Waals surface area contributed by atoms with Crippen LogP contribution in [0.25, 0.3) is 0 Å². The minimum Gasteiger partial charge on any atom is -0.468 e. The number of hydrogen-bond acceptors (Lipinski definition) is 3. The molecule has 0 aromatic rings. The van der Waals surface area contributed by atoms with Gasteiger partial charge in [0.25, 0.3) is 0 Å². The zero-order chi connectivity index (χ0) is 11.3. The molecule has 0 spiro atoms. The number of carbonyl (C=O) groups excluding carboxylic acids is 1. The van der Waals surface area contributed by atoms with Crippen LogP contribution in [0.5, 0.6) is 0 Å². The molecule has 88 valence electrons. The highest BCUT2D eigenvalue weighted by Gasteiger charge is 2.46. The van der Waals surface area contributed by atoms with E-state index in [-0.39, 0.29) is 23.4 Å². The van der Waals surface area contributed by atoms with Gasteiger partial charge in [-0.05, 0) is 18.3 Å². The van der Waals surface area contributed by atoms with Crippen LogP contribution >= 0.6 is 0 Å². The lowest BCUT2D eigenvalue weighted by Crippen LogP contribution is -2.30. The van der Waals surface area contributed by atoms with Crippen molar-refractivity contribution in [3.8, 4) is 0 Å². The van der Waals surface area contributed by atoms with Crippen molar-refractivity contribution in [1.82, 2.24) is 0 Å². The van der Waals surface area contributed by atoms with Crippen molar-refractivity contribution in [3.63, 3.8) is 0 Å². The number of Topliss-reactive ketones (excluding diaryl/α,β-unsaturated/α-hetero) is 1. The number of rotatable bonds is 0. The Balaban J connectivity index is 1.93. The lowest BCUT2D eigenvalue weighted by molar-refractivity contribution is -0.147. The van der Waals surface area contributed by atoms with Crippen molar-refractivity contribution < 1.29 is 14.3 Å². The van der Waals surface area contributed by atoms with Crippen molar-refractivity contribution in [2.75, 3.05) is 6.61 Å². The van der Waals surface area contributed by atoms with Crippen molar-refractivity contribution in [2.24, 2.45) is 11.3 Å². The molecule has 0 N–H and O–H groups in total. The van der Waals surface area contributed by atoms with Crippen LogP contribution in [-0.4, -0.2) is 18.7 Å². The predicted molar refractivity (Wildman–Crippen MR) is 58.6 cm³/mol. The van der Waals surface area contributed by atoms with E-state index in [0.717, 1.165) is 37.2 Å². The minimum atomic E-state index is -0.170. The predicted octanol–water partition coefficient (Wildman–Crippen LogP) is 2.41. The summed E-state index contributed by atoms with van der Waals surface area (Å²) in [6.07, 6.45) is 3.44. The molecule has 0 unspecified atom stereocenters. The van der Waals surface area contributed by atoms with E-state index < -0.39 is 0 Å². The van der Waals surface area contributed by atoms with Gasteiger partial charge in [0, 0.05) is 18.4 Å². The minimum absolute atomic E-state index is 0.0451. The largest absolute Gasteiger partial charge is 0.468 e. The van der Waals surface area contributed by atoms with Gasteiger partial charge in [-0.1, -0.05) is 13.8 Å².